The molecule has 0 aliphatic rings. The first-order valence-electron chi connectivity index (χ1n) is 13.5. The predicted octanol–water partition coefficient (Wildman–Crippen LogP) is 9.55. The summed E-state index contributed by atoms with van der Waals surface area (Å²) in [7, 11) is 0. The van der Waals surface area contributed by atoms with Crippen LogP contribution in [0.5, 0.6) is 0 Å². The third-order valence-electron chi connectivity index (χ3n) is 6.69. The minimum Gasteiger partial charge on any atom is -0.197 e. The van der Waals surface area contributed by atoms with Crippen LogP contribution >= 0.6 is 0 Å². The fraction of sp³-hybridized carbons (Fsp3) is 0. The van der Waals surface area contributed by atoms with Crippen LogP contribution in [0.25, 0.3) is 0 Å². The van der Waals surface area contributed by atoms with E-state index in [2.05, 4.69) is 196 Å². The average molecular weight is 517 g/mol. The van der Waals surface area contributed by atoms with E-state index in [0.29, 0.717) is 0 Å². The summed E-state index contributed by atoms with van der Waals surface area (Å²) in [6.45, 7) is 0. The second-order valence-electron chi connectivity index (χ2n) is 9.32. The smallest absolute Gasteiger partial charge is 0.197 e. The molecule has 0 aliphatic carbocycles. The summed E-state index contributed by atoms with van der Waals surface area (Å²) in [4.78, 5) is 4.67. The first-order valence-corrected chi connectivity index (χ1v) is 13.5. The number of guanidine groups is 1. The van der Waals surface area contributed by atoms with Gasteiger partial charge in [-0.25, -0.2) is 0 Å². The highest BCUT2D eigenvalue weighted by atomic mass is 15.4. The third-order valence-corrected chi connectivity index (χ3v) is 6.69. The molecular weight excluding hydrogens is 486 g/mol. The van der Waals surface area contributed by atoms with Gasteiger partial charge < -0.3 is 0 Å². The molecule has 3 nitrogen and oxygen atoms in total. The summed E-state index contributed by atoms with van der Waals surface area (Å²) in [5, 5.41) is 0. The number of hydrogen-bond donors (Lipinski definition) is 0. The molecule has 0 aliphatic heterocycles. The van der Waals surface area contributed by atoms with Crippen molar-refractivity contribution >= 4 is 40.1 Å². The van der Waals surface area contributed by atoms with Crippen molar-refractivity contribution in [2.45, 2.75) is 0 Å². The van der Waals surface area contributed by atoms with Gasteiger partial charge in [0.1, 0.15) is 34.1 Å². The largest absolute Gasteiger partial charge is 0.380 e. The molecule has 3 heteroatoms. The number of hydrogen-bond acceptors (Lipinski definition) is 0. The highest BCUT2D eigenvalue weighted by Gasteiger charge is 2.36. The van der Waals surface area contributed by atoms with Crippen LogP contribution in [0.2, 0.25) is 0 Å². The molecule has 6 rings (SSSR count). The molecule has 0 N–H and O–H groups in total. The fourth-order valence-corrected chi connectivity index (χ4v) is 4.90. The van der Waals surface area contributed by atoms with E-state index in [1.54, 1.807) is 0 Å². The molecule has 0 radical (unpaired) electrons. The van der Waals surface area contributed by atoms with Gasteiger partial charge in [0.25, 0.3) is 0 Å². The number of anilines is 4. The highest BCUT2D eigenvalue weighted by Crippen LogP contribution is 2.35. The van der Waals surface area contributed by atoms with Gasteiger partial charge >= 0.3 is 5.96 Å². The van der Waals surface area contributed by atoms with Crippen molar-refractivity contribution in [2.24, 2.45) is 0 Å². The lowest BCUT2D eigenvalue weighted by atomic mass is 10.2. The van der Waals surface area contributed by atoms with Crippen molar-refractivity contribution in [1.29, 1.82) is 0 Å². The van der Waals surface area contributed by atoms with Crippen molar-refractivity contribution in [1.82, 2.24) is 4.58 Å². The molecular formula is C37H30N3+. The minimum atomic E-state index is 0.951. The second-order valence-corrected chi connectivity index (χ2v) is 9.32. The van der Waals surface area contributed by atoms with E-state index >= 15 is 0 Å². The topological polar surface area (TPSA) is 9.49 Å². The SMILES string of the molecule is c1ccc(N(C(N(c2ccccc2)c2ccccc2)=[N+](c2ccccc2)c2ccccc2)c2ccccc2)cc1. The van der Waals surface area contributed by atoms with Crippen LogP contribution < -0.4 is 14.4 Å². The minimum absolute atomic E-state index is 0.951. The number of nitrogens with zero attached hydrogens (tertiary/aromatic N) is 3. The zero-order valence-corrected chi connectivity index (χ0v) is 22.2. The van der Waals surface area contributed by atoms with Gasteiger partial charge in [-0.05, 0) is 72.8 Å². The Labute approximate surface area is 236 Å². The third kappa shape index (κ3) is 5.27. The monoisotopic (exact) mass is 516 g/mol. The molecule has 6 aromatic rings. The molecule has 0 amide bonds. The summed E-state index contributed by atoms with van der Waals surface area (Å²) in [5.41, 5.74) is 6.32. The lowest BCUT2D eigenvalue weighted by Gasteiger charge is -2.30. The molecule has 0 heterocycles. The Hall–Kier alpha value is -5.41. The van der Waals surface area contributed by atoms with E-state index in [0.717, 1.165) is 40.1 Å². The number of benzene rings is 6. The lowest BCUT2D eigenvalue weighted by Crippen LogP contribution is -2.45. The molecule has 0 aromatic heterocycles. The van der Waals surface area contributed by atoms with Crippen LogP contribution in [0.3, 0.4) is 0 Å². The maximum Gasteiger partial charge on any atom is 0.380 e. The van der Waals surface area contributed by atoms with Crippen molar-refractivity contribution < 1.29 is 0 Å². The van der Waals surface area contributed by atoms with E-state index in [1.165, 1.54) is 0 Å². The van der Waals surface area contributed by atoms with E-state index < -0.39 is 0 Å². The lowest BCUT2D eigenvalue weighted by molar-refractivity contribution is 1.02. The van der Waals surface area contributed by atoms with Crippen LogP contribution in [0.4, 0.5) is 34.1 Å². The van der Waals surface area contributed by atoms with Crippen LogP contribution in [0, 0.1) is 0 Å². The van der Waals surface area contributed by atoms with Gasteiger partial charge in [0.05, 0.1) is 0 Å². The first kappa shape index (κ1) is 24.9. The van der Waals surface area contributed by atoms with Gasteiger partial charge in [0, 0.05) is 0 Å². The summed E-state index contributed by atoms with van der Waals surface area (Å²) in [6, 6.07) is 63.4. The van der Waals surface area contributed by atoms with Crippen LogP contribution in [0.15, 0.2) is 182 Å². The molecule has 6 aromatic carbocycles. The fourth-order valence-electron chi connectivity index (χ4n) is 4.90. The van der Waals surface area contributed by atoms with Gasteiger partial charge in [-0.1, -0.05) is 109 Å². The van der Waals surface area contributed by atoms with Gasteiger partial charge in [-0.15, -0.1) is 0 Å². The summed E-state index contributed by atoms with van der Waals surface area (Å²) in [6.07, 6.45) is 0. The Balaban J connectivity index is 1.79. The summed E-state index contributed by atoms with van der Waals surface area (Å²) < 4.78 is 2.33. The van der Waals surface area contributed by atoms with Crippen LogP contribution in [-0.2, 0) is 0 Å². The molecule has 0 fully saturated rings. The molecule has 40 heavy (non-hydrogen) atoms. The van der Waals surface area contributed by atoms with Crippen molar-refractivity contribution in [3.8, 4) is 0 Å². The summed E-state index contributed by atoms with van der Waals surface area (Å²) >= 11 is 0. The van der Waals surface area contributed by atoms with Crippen molar-refractivity contribution in [2.75, 3.05) is 9.80 Å². The number of para-hydroxylation sites is 6. The Morgan fingerprint density at radius 1 is 0.300 bits per heavy atom. The molecule has 0 unspecified atom stereocenters. The van der Waals surface area contributed by atoms with Gasteiger partial charge in [-0.2, -0.15) is 14.4 Å². The average Bonchev–Trinajstić information content (AvgIpc) is 3.04. The Kier molecular flexibility index (Phi) is 7.45. The first-order chi connectivity index (χ1) is 19.9. The van der Waals surface area contributed by atoms with Gasteiger partial charge in [0.2, 0.25) is 0 Å². The van der Waals surface area contributed by atoms with Crippen LogP contribution in [0.1, 0.15) is 0 Å². The zero-order chi connectivity index (χ0) is 27.0. The van der Waals surface area contributed by atoms with E-state index in [9.17, 15) is 0 Å². The van der Waals surface area contributed by atoms with Gasteiger partial charge in [0.15, 0.2) is 0 Å². The van der Waals surface area contributed by atoms with E-state index in [4.69, 9.17) is 0 Å². The standard InChI is InChI=1S/C37H30N3/c1-7-19-31(20-8-1)38(32-21-9-2-10-22-32)37(39(33-23-11-3-12-24-33)34-25-13-4-14-26-34)40(35-27-15-5-16-28-35)36-29-17-6-18-30-36/h1-30H/q+1. The molecule has 0 saturated carbocycles. The predicted molar refractivity (Wildman–Crippen MR) is 169 cm³/mol. The van der Waals surface area contributed by atoms with E-state index in [1.807, 2.05) is 0 Å². The summed E-state index contributed by atoms with van der Waals surface area (Å²) in [5.74, 6) is 0.951. The maximum atomic E-state index is 2.33. The normalized spacial score (nSPS) is 10.5. The quantitative estimate of drug-likeness (QED) is 0.124. The Bertz CT molecular complexity index is 1450. The molecule has 0 spiro atoms. The molecule has 0 atom stereocenters. The molecule has 0 bridgehead atoms. The second kappa shape index (κ2) is 12.0. The van der Waals surface area contributed by atoms with Crippen molar-refractivity contribution in [3.05, 3.63) is 182 Å². The number of rotatable bonds is 6. The Morgan fingerprint density at radius 2 is 0.525 bits per heavy atom. The van der Waals surface area contributed by atoms with Crippen LogP contribution in [-0.4, -0.2) is 5.96 Å². The van der Waals surface area contributed by atoms with Gasteiger partial charge in [-0.3, -0.25) is 0 Å². The van der Waals surface area contributed by atoms with Crippen molar-refractivity contribution in [3.63, 3.8) is 0 Å². The van der Waals surface area contributed by atoms with E-state index in [-0.39, 0.29) is 0 Å². The zero-order valence-electron chi connectivity index (χ0n) is 22.2. The maximum absolute atomic E-state index is 2.33. The Morgan fingerprint density at radius 3 is 0.775 bits per heavy atom. The molecule has 192 valence electrons. The molecule has 0 saturated heterocycles. The highest BCUT2D eigenvalue weighted by molar-refractivity contribution is 6.17.